The van der Waals surface area contributed by atoms with E-state index in [0.29, 0.717) is 24.3 Å². The van der Waals surface area contributed by atoms with Crippen molar-refractivity contribution >= 4 is 23.5 Å². The molecular formula is C19H27ClN4O. The van der Waals surface area contributed by atoms with Crippen molar-refractivity contribution in [3.63, 3.8) is 0 Å². The Morgan fingerprint density at radius 3 is 2.76 bits per heavy atom. The molecule has 1 amide bonds. The van der Waals surface area contributed by atoms with Gasteiger partial charge in [-0.3, -0.25) is 9.79 Å². The van der Waals surface area contributed by atoms with Crippen LogP contribution in [0.2, 0.25) is 5.02 Å². The number of carbonyl (C=O) groups excluding carboxylic acids is 1. The lowest BCUT2D eigenvalue weighted by atomic mass is 9.93. The van der Waals surface area contributed by atoms with Crippen molar-refractivity contribution in [3.05, 3.63) is 34.9 Å². The van der Waals surface area contributed by atoms with Crippen LogP contribution in [0.15, 0.2) is 29.3 Å². The zero-order valence-corrected chi connectivity index (χ0v) is 15.7. The highest BCUT2D eigenvalue weighted by molar-refractivity contribution is 6.30. The van der Waals surface area contributed by atoms with E-state index in [1.807, 2.05) is 19.2 Å². The second kappa shape index (κ2) is 8.09. The number of amides is 1. The van der Waals surface area contributed by atoms with E-state index in [0.717, 1.165) is 43.3 Å². The molecule has 1 aromatic carbocycles. The number of rotatable bonds is 4. The highest BCUT2D eigenvalue weighted by Crippen LogP contribution is 2.41. The second-order valence-corrected chi connectivity index (χ2v) is 7.44. The molecule has 1 saturated heterocycles. The first-order valence-corrected chi connectivity index (χ1v) is 9.42. The maximum Gasteiger partial charge on any atom is 0.220 e. The largest absolute Gasteiger partial charge is 0.359 e. The monoisotopic (exact) mass is 362 g/mol. The average Bonchev–Trinajstić information content (AvgIpc) is 3.40. The summed E-state index contributed by atoms with van der Waals surface area (Å²) >= 11 is 6.10. The van der Waals surface area contributed by atoms with Crippen LogP contribution in [0, 0.1) is 5.92 Å². The molecule has 1 heterocycles. The van der Waals surface area contributed by atoms with Crippen LogP contribution in [0.4, 0.5) is 0 Å². The summed E-state index contributed by atoms with van der Waals surface area (Å²) in [4.78, 5) is 18.3. The van der Waals surface area contributed by atoms with Gasteiger partial charge in [0, 0.05) is 50.6 Å². The van der Waals surface area contributed by atoms with Crippen molar-refractivity contribution in [2.24, 2.45) is 10.9 Å². The molecule has 1 aliphatic heterocycles. The molecule has 3 rings (SSSR count). The van der Waals surface area contributed by atoms with E-state index in [4.69, 9.17) is 11.6 Å². The number of hydrogen-bond donors (Lipinski definition) is 2. The van der Waals surface area contributed by atoms with Gasteiger partial charge in [-0.15, -0.1) is 0 Å². The second-order valence-electron chi connectivity index (χ2n) is 7.00. The lowest BCUT2D eigenvalue weighted by molar-refractivity contribution is -0.121. The first-order chi connectivity index (χ1) is 12.1. The fourth-order valence-corrected chi connectivity index (χ4v) is 3.84. The first kappa shape index (κ1) is 18.1. The molecule has 2 unspecified atom stereocenters. The molecule has 2 fully saturated rings. The summed E-state index contributed by atoms with van der Waals surface area (Å²) in [6, 6.07) is 8.56. The van der Waals surface area contributed by atoms with Gasteiger partial charge in [0.15, 0.2) is 5.96 Å². The quantitative estimate of drug-likeness (QED) is 0.639. The minimum Gasteiger partial charge on any atom is -0.359 e. The van der Waals surface area contributed by atoms with Gasteiger partial charge in [-0.05, 0) is 42.9 Å². The van der Waals surface area contributed by atoms with Crippen LogP contribution >= 0.6 is 11.6 Å². The number of nitrogens with one attached hydrogen (secondary N) is 2. The van der Waals surface area contributed by atoms with E-state index in [1.165, 1.54) is 5.56 Å². The Labute approximate surface area is 154 Å². The Balaban J connectivity index is 1.49. The molecule has 0 radical (unpaired) electrons. The number of guanidine groups is 1. The molecule has 0 aromatic heterocycles. The van der Waals surface area contributed by atoms with Gasteiger partial charge in [0.1, 0.15) is 0 Å². The Kier molecular flexibility index (Phi) is 5.84. The third-order valence-corrected chi connectivity index (χ3v) is 5.50. The van der Waals surface area contributed by atoms with Crippen LogP contribution in [-0.4, -0.2) is 50.0 Å². The van der Waals surface area contributed by atoms with Crippen LogP contribution < -0.4 is 10.6 Å². The molecular weight excluding hydrogens is 336 g/mol. The van der Waals surface area contributed by atoms with E-state index < -0.39 is 0 Å². The predicted octanol–water partition coefficient (Wildman–Crippen LogP) is 2.62. The van der Waals surface area contributed by atoms with Gasteiger partial charge in [-0.25, -0.2) is 0 Å². The van der Waals surface area contributed by atoms with E-state index >= 15 is 0 Å². The van der Waals surface area contributed by atoms with Gasteiger partial charge in [-0.1, -0.05) is 23.7 Å². The van der Waals surface area contributed by atoms with Crippen LogP contribution in [0.3, 0.4) is 0 Å². The summed E-state index contributed by atoms with van der Waals surface area (Å²) in [6.07, 6.45) is 3.83. The van der Waals surface area contributed by atoms with E-state index in [2.05, 4.69) is 32.7 Å². The maximum atomic E-state index is 11.5. The van der Waals surface area contributed by atoms with Crippen molar-refractivity contribution in [1.29, 1.82) is 0 Å². The third-order valence-electron chi connectivity index (χ3n) is 5.26. The Morgan fingerprint density at radius 2 is 2.12 bits per heavy atom. The van der Waals surface area contributed by atoms with Gasteiger partial charge in [0.05, 0.1) is 0 Å². The molecule has 1 saturated carbocycles. The van der Waals surface area contributed by atoms with Crippen molar-refractivity contribution in [2.75, 3.05) is 27.2 Å². The molecule has 1 aromatic rings. The number of benzene rings is 1. The van der Waals surface area contributed by atoms with Crippen LogP contribution in [-0.2, 0) is 4.79 Å². The molecule has 136 valence electrons. The molecule has 0 spiro atoms. The Hall–Kier alpha value is -1.75. The summed E-state index contributed by atoms with van der Waals surface area (Å²) in [5, 5.41) is 7.11. The Bertz CT molecular complexity index is 640. The van der Waals surface area contributed by atoms with Crippen molar-refractivity contribution in [1.82, 2.24) is 15.5 Å². The van der Waals surface area contributed by atoms with Crippen molar-refractivity contribution in [2.45, 2.75) is 37.6 Å². The molecule has 6 heteroatoms. The zero-order valence-electron chi connectivity index (χ0n) is 15.0. The number of piperidine rings is 1. The molecule has 2 N–H and O–H groups in total. The van der Waals surface area contributed by atoms with Gasteiger partial charge in [-0.2, -0.15) is 0 Å². The van der Waals surface area contributed by atoms with Gasteiger partial charge in [0.2, 0.25) is 5.91 Å². The number of carbonyl (C=O) groups is 1. The molecule has 5 nitrogen and oxygen atoms in total. The van der Waals surface area contributed by atoms with E-state index in [9.17, 15) is 4.79 Å². The maximum absolute atomic E-state index is 11.5. The standard InChI is InChI=1S/C19H27ClN4O/c1-21-18(25)10-13-6-8-24(9-7-13)19(22-2)23-17-12-16(17)14-4-3-5-15(20)11-14/h3-5,11,13,16-17H,6-10,12H2,1-2H3,(H,21,25)(H,22,23). The number of aliphatic imine (C=N–C) groups is 1. The zero-order chi connectivity index (χ0) is 17.8. The smallest absolute Gasteiger partial charge is 0.220 e. The van der Waals surface area contributed by atoms with Crippen LogP contribution in [0.25, 0.3) is 0 Å². The van der Waals surface area contributed by atoms with Crippen molar-refractivity contribution in [3.8, 4) is 0 Å². The SMILES string of the molecule is CN=C(NC1CC1c1cccc(Cl)c1)N1CCC(CC(=O)NC)CC1. The number of likely N-dealkylation sites (tertiary alicyclic amines) is 1. The van der Waals surface area contributed by atoms with Gasteiger partial charge < -0.3 is 15.5 Å². The van der Waals surface area contributed by atoms with E-state index in [-0.39, 0.29) is 5.91 Å². The summed E-state index contributed by atoms with van der Waals surface area (Å²) in [6.45, 7) is 1.91. The minimum absolute atomic E-state index is 0.142. The topological polar surface area (TPSA) is 56.7 Å². The number of nitrogens with zero attached hydrogens (tertiary/aromatic N) is 2. The summed E-state index contributed by atoms with van der Waals surface area (Å²) in [5.41, 5.74) is 1.30. The van der Waals surface area contributed by atoms with Crippen LogP contribution in [0.1, 0.15) is 37.2 Å². The average molecular weight is 363 g/mol. The van der Waals surface area contributed by atoms with E-state index in [1.54, 1.807) is 7.05 Å². The fraction of sp³-hybridized carbons (Fsp3) is 0.579. The summed E-state index contributed by atoms with van der Waals surface area (Å²) < 4.78 is 0. The fourth-order valence-electron chi connectivity index (χ4n) is 3.64. The lowest BCUT2D eigenvalue weighted by Crippen LogP contribution is -2.46. The molecule has 2 atom stereocenters. The molecule has 25 heavy (non-hydrogen) atoms. The summed E-state index contributed by atoms with van der Waals surface area (Å²) in [7, 11) is 3.55. The molecule has 0 bridgehead atoms. The molecule has 2 aliphatic rings. The minimum atomic E-state index is 0.142. The lowest BCUT2D eigenvalue weighted by Gasteiger charge is -2.34. The van der Waals surface area contributed by atoms with Gasteiger partial charge >= 0.3 is 0 Å². The Morgan fingerprint density at radius 1 is 1.36 bits per heavy atom. The summed E-state index contributed by atoms with van der Waals surface area (Å²) in [5.74, 6) is 2.12. The highest BCUT2D eigenvalue weighted by Gasteiger charge is 2.40. The normalized spacial score (nSPS) is 24.1. The number of halogens is 1. The third kappa shape index (κ3) is 4.66. The molecule has 1 aliphatic carbocycles. The van der Waals surface area contributed by atoms with Crippen molar-refractivity contribution < 1.29 is 4.79 Å². The predicted molar refractivity (Wildman–Crippen MR) is 102 cm³/mol. The number of hydrogen-bond acceptors (Lipinski definition) is 2. The first-order valence-electron chi connectivity index (χ1n) is 9.05. The van der Waals surface area contributed by atoms with Gasteiger partial charge in [0.25, 0.3) is 0 Å². The highest BCUT2D eigenvalue weighted by atomic mass is 35.5. The van der Waals surface area contributed by atoms with Crippen LogP contribution in [0.5, 0.6) is 0 Å².